The Kier molecular flexibility index (Phi) is 7.52. The van der Waals surface area contributed by atoms with E-state index in [0.29, 0.717) is 31.9 Å². The van der Waals surface area contributed by atoms with E-state index in [1.807, 2.05) is 19.1 Å². The van der Waals surface area contributed by atoms with Gasteiger partial charge in [0.25, 0.3) is 5.75 Å². The molecule has 0 aliphatic carbocycles. The minimum absolute atomic E-state index is 0.0803. The lowest BCUT2D eigenvalue weighted by molar-refractivity contribution is -0.145. The number of carbonyl (C=O) groups is 1. The molecule has 1 aromatic carbocycles. The SMILES string of the molecule is CNCOCCOC(=O)CCc1cc(C)c([OH2+])c(C(C)(C)C)c1. The lowest BCUT2D eigenvalue weighted by Crippen LogP contribution is -2.16. The van der Waals surface area contributed by atoms with Crippen molar-refractivity contribution in [2.75, 3.05) is 27.0 Å². The molecule has 3 N–H and O–H groups in total. The molecule has 130 valence electrons. The average Bonchev–Trinajstić information content (AvgIpc) is 2.47. The van der Waals surface area contributed by atoms with Crippen molar-refractivity contribution in [2.45, 2.75) is 46.0 Å². The number of hydrogen-bond donors (Lipinski definition) is 1. The van der Waals surface area contributed by atoms with Gasteiger partial charge in [-0.15, -0.1) is 0 Å². The van der Waals surface area contributed by atoms with Gasteiger partial charge in [0.1, 0.15) is 6.61 Å². The number of hydrogen-bond acceptors (Lipinski definition) is 4. The van der Waals surface area contributed by atoms with Crippen LogP contribution in [0.3, 0.4) is 0 Å². The molecule has 0 fully saturated rings. The fraction of sp³-hybridized carbons (Fsp3) is 0.611. The van der Waals surface area contributed by atoms with Gasteiger partial charge in [0.2, 0.25) is 0 Å². The van der Waals surface area contributed by atoms with Crippen LogP contribution in [0, 0.1) is 6.92 Å². The standard InChI is InChI=1S/C18H29NO4/c1-13-10-14(11-15(17(13)21)18(2,3)4)6-7-16(20)23-9-8-22-12-19-5/h10-11,19,21H,6-9,12H2,1-5H3/p+1. The van der Waals surface area contributed by atoms with Gasteiger partial charge < -0.3 is 14.6 Å². The molecule has 0 saturated heterocycles. The second-order valence-electron chi connectivity index (χ2n) is 6.71. The van der Waals surface area contributed by atoms with Gasteiger partial charge in [-0.05, 0) is 43.5 Å². The van der Waals surface area contributed by atoms with Crippen LogP contribution >= 0.6 is 0 Å². The predicted octanol–water partition coefficient (Wildman–Crippen LogP) is 2.40. The molecule has 1 rings (SSSR count). The van der Waals surface area contributed by atoms with Crippen LogP contribution in [0.1, 0.15) is 43.9 Å². The van der Waals surface area contributed by atoms with Gasteiger partial charge in [-0.3, -0.25) is 10.1 Å². The normalized spacial score (nSPS) is 11.5. The number of nitrogens with one attached hydrogen (secondary N) is 1. The van der Waals surface area contributed by atoms with Gasteiger partial charge in [-0.25, -0.2) is 0 Å². The molecule has 0 saturated carbocycles. The topological polar surface area (TPSA) is 70.5 Å². The van der Waals surface area contributed by atoms with Crippen molar-refractivity contribution in [3.05, 3.63) is 28.8 Å². The highest BCUT2D eigenvalue weighted by Gasteiger charge is 2.23. The molecule has 0 aromatic heterocycles. The Bertz CT molecular complexity index is 520. The molecular weight excluding hydrogens is 294 g/mol. The maximum absolute atomic E-state index is 11.8. The molecular formula is C18H30NO4+. The Morgan fingerprint density at radius 3 is 2.57 bits per heavy atom. The molecule has 0 aliphatic rings. The van der Waals surface area contributed by atoms with Crippen LogP contribution < -0.4 is 5.32 Å². The zero-order chi connectivity index (χ0) is 17.5. The third-order valence-electron chi connectivity index (χ3n) is 3.56. The third-order valence-corrected chi connectivity index (χ3v) is 3.56. The fourth-order valence-corrected chi connectivity index (χ4v) is 2.30. The summed E-state index contributed by atoms with van der Waals surface area (Å²) in [6.45, 7) is 9.37. The zero-order valence-corrected chi connectivity index (χ0v) is 14.9. The number of rotatable bonds is 8. The Hall–Kier alpha value is -1.59. The predicted molar refractivity (Wildman–Crippen MR) is 92.1 cm³/mol. The first-order valence-electron chi connectivity index (χ1n) is 7.99. The van der Waals surface area contributed by atoms with Crippen LogP contribution in [0.5, 0.6) is 5.75 Å². The van der Waals surface area contributed by atoms with E-state index in [9.17, 15) is 4.79 Å². The van der Waals surface area contributed by atoms with E-state index < -0.39 is 0 Å². The van der Waals surface area contributed by atoms with Crippen LogP contribution in [0.25, 0.3) is 0 Å². The van der Waals surface area contributed by atoms with Gasteiger partial charge >= 0.3 is 5.97 Å². The second kappa shape index (κ2) is 8.89. The number of aryl methyl sites for hydroxylation is 2. The average molecular weight is 324 g/mol. The summed E-state index contributed by atoms with van der Waals surface area (Å²) in [5.41, 5.74) is 2.96. The summed E-state index contributed by atoms with van der Waals surface area (Å²) < 4.78 is 10.3. The molecule has 0 spiro atoms. The molecule has 23 heavy (non-hydrogen) atoms. The fourth-order valence-electron chi connectivity index (χ4n) is 2.30. The smallest absolute Gasteiger partial charge is 0.306 e. The molecule has 0 unspecified atom stereocenters. The lowest BCUT2D eigenvalue weighted by Gasteiger charge is -2.20. The molecule has 0 bridgehead atoms. The maximum atomic E-state index is 11.8. The largest absolute Gasteiger partial charge is 0.593 e. The Morgan fingerprint density at radius 2 is 1.96 bits per heavy atom. The van der Waals surface area contributed by atoms with E-state index >= 15 is 0 Å². The number of carbonyl (C=O) groups excluding carboxylic acids is 1. The minimum atomic E-state index is -0.219. The molecule has 0 atom stereocenters. The first-order valence-corrected chi connectivity index (χ1v) is 7.99. The van der Waals surface area contributed by atoms with Crippen molar-refractivity contribution in [3.8, 4) is 5.75 Å². The highest BCUT2D eigenvalue weighted by atomic mass is 16.6. The van der Waals surface area contributed by atoms with E-state index in [4.69, 9.17) is 14.6 Å². The van der Waals surface area contributed by atoms with Crippen molar-refractivity contribution in [2.24, 2.45) is 0 Å². The van der Waals surface area contributed by atoms with Crippen molar-refractivity contribution in [3.63, 3.8) is 0 Å². The van der Waals surface area contributed by atoms with Crippen LogP contribution in [0.15, 0.2) is 12.1 Å². The van der Waals surface area contributed by atoms with Crippen molar-refractivity contribution in [1.82, 2.24) is 5.32 Å². The maximum Gasteiger partial charge on any atom is 0.306 e. The number of esters is 1. The summed E-state index contributed by atoms with van der Waals surface area (Å²) >= 11 is 0. The van der Waals surface area contributed by atoms with E-state index in [1.165, 1.54) is 0 Å². The quantitative estimate of drug-likeness (QED) is 0.345. The summed E-state index contributed by atoms with van der Waals surface area (Å²) in [5, 5.41) is 11.1. The molecule has 0 heterocycles. The highest BCUT2D eigenvalue weighted by Crippen LogP contribution is 2.34. The summed E-state index contributed by atoms with van der Waals surface area (Å²) in [6, 6.07) is 4.03. The van der Waals surface area contributed by atoms with Crippen LogP contribution in [0.2, 0.25) is 0 Å². The molecule has 5 heteroatoms. The Morgan fingerprint density at radius 1 is 1.26 bits per heavy atom. The van der Waals surface area contributed by atoms with E-state index in [2.05, 4.69) is 26.1 Å². The molecule has 0 radical (unpaired) electrons. The highest BCUT2D eigenvalue weighted by molar-refractivity contribution is 5.69. The summed E-state index contributed by atoms with van der Waals surface area (Å²) in [7, 11) is 1.79. The number of ether oxygens (including phenoxy) is 2. The van der Waals surface area contributed by atoms with Gasteiger partial charge in [-0.2, -0.15) is 0 Å². The van der Waals surface area contributed by atoms with Gasteiger partial charge in [0.15, 0.2) is 0 Å². The molecule has 5 nitrogen and oxygen atoms in total. The third kappa shape index (κ3) is 6.59. The summed E-state index contributed by atoms with van der Waals surface area (Å²) in [5.74, 6) is 0.369. The number of benzene rings is 1. The lowest BCUT2D eigenvalue weighted by atomic mass is 9.83. The Balaban J connectivity index is 2.55. The second-order valence-corrected chi connectivity index (χ2v) is 6.71. The van der Waals surface area contributed by atoms with Gasteiger partial charge in [0, 0.05) is 12.0 Å². The molecule has 1 aromatic rings. The molecule has 0 amide bonds. The first-order chi connectivity index (χ1) is 10.8. The molecule has 0 aliphatic heterocycles. The van der Waals surface area contributed by atoms with E-state index in [0.717, 1.165) is 16.7 Å². The first kappa shape index (κ1) is 19.5. The van der Waals surface area contributed by atoms with Gasteiger partial charge in [0.05, 0.1) is 18.9 Å². The summed E-state index contributed by atoms with van der Waals surface area (Å²) in [4.78, 5) is 11.8. The van der Waals surface area contributed by atoms with E-state index in [1.54, 1.807) is 7.05 Å². The summed E-state index contributed by atoms with van der Waals surface area (Å²) in [6.07, 6.45) is 0.965. The van der Waals surface area contributed by atoms with Crippen LogP contribution in [0.4, 0.5) is 0 Å². The Labute approximate surface area is 139 Å². The monoisotopic (exact) mass is 324 g/mol. The van der Waals surface area contributed by atoms with Crippen LogP contribution in [-0.2, 0) is 26.1 Å². The van der Waals surface area contributed by atoms with Crippen LogP contribution in [-0.4, -0.2) is 38.1 Å². The van der Waals surface area contributed by atoms with Crippen molar-refractivity contribution >= 4 is 5.97 Å². The van der Waals surface area contributed by atoms with E-state index in [-0.39, 0.29) is 18.0 Å². The van der Waals surface area contributed by atoms with Gasteiger partial charge in [-0.1, -0.05) is 20.8 Å². The van der Waals surface area contributed by atoms with Crippen molar-refractivity contribution in [1.29, 1.82) is 0 Å². The zero-order valence-electron chi connectivity index (χ0n) is 14.9. The van der Waals surface area contributed by atoms with Crippen molar-refractivity contribution < 1.29 is 19.4 Å². The minimum Gasteiger partial charge on any atom is -0.593 e.